The van der Waals surface area contributed by atoms with Crippen molar-refractivity contribution in [3.8, 4) is 0 Å². The first-order valence-electron chi connectivity index (χ1n) is 5.02. The smallest absolute Gasteiger partial charge is 0.138 e. The van der Waals surface area contributed by atoms with E-state index in [1.54, 1.807) is 0 Å². The summed E-state index contributed by atoms with van der Waals surface area (Å²) < 4.78 is 0. The zero-order chi connectivity index (χ0) is 9.97. The number of hydrogen-bond acceptors (Lipinski definition) is 1. The van der Waals surface area contributed by atoms with E-state index >= 15 is 0 Å². The van der Waals surface area contributed by atoms with Crippen LogP contribution in [0.2, 0.25) is 0 Å². The van der Waals surface area contributed by atoms with Gasteiger partial charge in [0.25, 0.3) is 0 Å². The number of carbonyl (C=O) groups excluding carboxylic acids is 1. The molecule has 0 radical (unpaired) electrons. The van der Waals surface area contributed by atoms with Gasteiger partial charge in [0.2, 0.25) is 0 Å². The molecule has 0 spiro atoms. The van der Waals surface area contributed by atoms with Crippen molar-refractivity contribution < 1.29 is 4.79 Å². The summed E-state index contributed by atoms with van der Waals surface area (Å²) in [6, 6.07) is 6.39. The maximum Gasteiger partial charge on any atom is 0.138 e. The molecule has 0 aromatic heterocycles. The summed E-state index contributed by atoms with van der Waals surface area (Å²) in [6.07, 6.45) is 5.89. The van der Waals surface area contributed by atoms with Gasteiger partial charge in [0.15, 0.2) is 0 Å². The number of hydrogen-bond donors (Lipinski definition) is 0. The molecule has 0 aliphatic heterocycles. The lowest BCUT2D eigenvalue weighted by Crippen LogP contribution is -2.04. The molecule has 0 N–H and O–H groups in total. The van der Waals surface area contributed by atoms with Gasteiger partial charge in [0, 0.05) is 0 Å². The number of fused-ring (bicyclic) bond motifs is 1. The lowest BCUT2D eigenvalue weighted by atomic mass is 9.90. The second-order valence-corrected chi connectivity index (χ2v) is 4.76. The summed E-state index contributed by atoms with van der Waals surface area (Å²) in [5, 5.41) is 0. The highest BCUT2D eigenvalue weighted by molar-refractivity contribution is 9.09. The van der Waals surface area contributed by atoms with Crippen molar-refractivity contribution in [1.82, 2.24) is 0 Å². The van der Waals surface area contributed by atoms with Gasteiger partial charge >= 0.3 is 0 Å². The zero-order valence-corrected chi connectivity index (χ0v) is 9.59. The van der Waals surface area contributed by atoms with Gasteiger partial charge in [0.1, 0.15) is 6.29 Å². The van der Waals surface area contributed by atoms with E-state index in [-0.39, 0.29) is 4.83 Å². The summed E-state index contributed by atoms with van der Waals surface area (Å²) in [6.45, 7) is 0. The van der Waals surface area contributed by atoms with Crippen LogP contribution < -0.4 is 0 Å². The zero-order valence-electron chi connectivity index (χ0n) is 8.00. The van der Waals surface area contributed by atoms with Crippen LogP contribution in [0.15, 0.2) is 18.2 Å². The Kier molecular flexibility index (Phi) is 3.02. The van der Waals surface area contributed by atoms with Crippen LogP contribution in [0.3, 0.4) is 0 Å². The molecule has 2 rings (SSSR count). The van der Waals surface area contributed by atoms with Crippen molar-refractivity contribution in [2.45, 2.75) is 30.5 Å². The molecule has 0 saturated carbocycles. The van der Waals surface area contributed by atoms with Crippen molar-refractivity contribution in [1.29, 1.82) is 0 Å². The molecule has 74 valence electrons. The Labute approximate surface area is 92.6 Å². The van der Waals surface area contributed by atoms with Crippen molar-refractivity contribution in [3.63, 3.8) is 0 Å². The van der Waals surface area contributed by atoms with E-state index in [9.17, 15) is 4.79 Å². The second kappa shape index (κ2) is 4.26. The van der Waals surface area contributed by atoms with Gasteiger partial charge in [-0.2, -0.15) is 0 Å². The van der Waals surface area contributed by atoms with Crippen molar-refractivity contribution in [2.24, 2.45) is 0 Å². The molecule has 0 heterocycles. The number of aryl methyl sites for hydroxylation is 2. The van der Waals surface area contributed by atoms with Gasteiger partial charge in [-0.3, -0.25) is 0 Å². The van der Waals surface area contributed by atoms with E-state index in [4.69, 9.17) is 0 Å². The maximum absolute atomic E-state index is 10.6. The molecule has 1 aliphatic rings. The van der Waals surface area contributed by atoms with E-state index in [2.05, 4.69) is 34.1 Å². The first-order chi connectivity index (χ1) is 6.81. The average Bonchev–Trinajstić information content (AvgIpc) is 2.27. The van der Waals surface area contributed by atoms with Gasteiger partial charge in [-0.15, -0.1) is 0 Å². The Morgan fingerprint density at radius 3 is 2.64 bits per heavy atom. The molecule has 2 heteroatoms. The van der Waals surface area contributed by atoms with Crippen molar-refractivity contribution in [2.75, 3.05) is 0 Å². The third kappa shape index (κ3) is 1.90. The Morgan fingerprint density at radius 1 is 1.21 bits per heavy atom. The molecule has 0 amide bonds. The quantitative estimate of drug-likeness (QED) is 0.584. The number of rotatable bonds is 2. The first kappa shape index (κ1) is 9.91. The third-order valence-electron chi connectivity index (χ3n) is 2.81. The third-order valence-corrected chi connectivity index (χ3v) is 3.55. The molecule has 1 aliphatic carbocycles. The summed E-state index contributed by atoms with van der Waals surface area (Å²) in [5.74, 6) is 0. The van der Waals surface area contributed by atoms with Crippen molar-refractivity contribution >= 4 is 22.2 Å². The van der Waals surface area contributed by atoms with E-state index < -0.39 is 0 Å². The summed E-state index contributed by atoms with van der Waals surface area (Å²) in [5.41, 5.74) is 3.98. The fourth-order valence-corrected chi connectivity index (χ4v) is 2.29. The molecular formula is C12H13BrO. The number of alkyl halides is 1. The molecule has 1 aromatic carbocycles. The molecule has 1 atom stereocenters. The lowest BCUT2D eigenvalue weighted by molar-refractivity contribution is -0.107. The van der Waals surface area contributed by atoms with Crippen LogP contribution in [-0.4, -0.2) is 6.29 Å². The summed E-state index contributed by atoms with van der Waals surface area (Å²) in [7, 11) is 0. The van der Waals surface area contributed by atoms with Crippen LogP contribution in [0, 0.1) is 0 Å². The SMILES string of the molecule is O=CC(Br)c1ccc2c(c1)CCCC2. The molecule has 0 fully saturated rings. The highest BCUT2D eigenvalue weighted by atomic mass is 79.9. The number of carbonyl (C=O) groups is 1. The van der Waals surface area contributed by atoms with Gasteiger partial charge < -0.3 is 4.79 Å². The van der Waals surface area contributed by atoms with E-state index in [0.29, 0.717) is 0 Å². The molecule has 1 aromatic rings. The largest absolute Gasteiger partial charge is 0.302 e. The van der Waals surface area contributed by atoms with E-state index in [0.717, 1.165) is 11.8 Å². The number of benzene rings is 1. The highest BCUT2D eigenvalue weighted by Gasteiger charge is 2.12. The minimum atomic E-state index is -0.144. The van der Waals surface area contributed by atoms with E-state index in [1.807, 2.05) is 0 Å². The standard InChI is InChI=1S/C12H13BrO/c13-12(8-14)11-6-5-9-3-1-2-4-10(9)7-11/h5-8,12H,1-4H2. The molecule has 1 nitrogen and oxygen atoms in total. The highest BCUT2D eigenvalue weighted by Crippen LogP contribution is 2.27. The van der Waals surface area contributed by atoms with Gasteiger partial charge in [-0.1, -0.05) is 34.1 Å². The normalized spacial score (nSPS) is 17.2. The predicted octanol–water partition coefficient (Wildman–Crippen LogP) is 3.20. The van der Waals surface area contributed by atoms with Crippen LogP contribution >= 0.6 is 15.9 Å². The van der Waals surface area contributed by atoms with Crippen LogP contribution in [0.25, 0.3) is 0 Å². The van der Waals surface area contributed by atoms with Crippen LogP contribution in [0.5, 0.6) is 0 Å². The Hall–Kier alpha value is -0.630. The van der Waals surface area contributed by atoms with Crippen molar-refractivity contribution in [3.05, 3.63) is 34.9 Å². The first-order valence-corrected chi connectivity index (χ1v) is 5.94. The monoisotopic (exact) mass is 252 g/mol. The minimum absolute atomic E-state index is 0.144. The number of aldehydes is 1. The van der Waals surface area contributed by atoms with Crippen LogP contribution in [0.4, 0.5) is 0 Å². The van der Waals surface area contributed by atoms with Gasteiger partial charge in [-0.05, 0) is 42.4 Å². The van der Waals surface area contributed by atoms with E-state index in [1.165, 1.54) is 36.8 Å². The lowest BCUT2D eigenvalue weighted by Gasteiger charge is -2.16. The molecular weight excluding hydrogens is 240 g/mol. The number of halogens is 1. The molecule has 1 unspecified atom stereocenters. The fraction of sp³-hybridized carbons (Fsp3) is 0.417. The summed E-state index contributed by atoms with van der Waals surface area (Å²) >= 11 is 3.34. The Balaban J connectivity index is 2.33. The maximum atomic E-state index is 10.6. The summed E-state index contributed by atoms with van der Waals surface area (Å²) in [4.78, 5) is 10.5. The Bertz CT molecular complexity index is 346. The molecule has 14 heavy (non-hydrogen) atoms. The van der Waals surface area contributed by atoms with Crippen LogP contribution in [-0.2, 0) is 17.6 Å². The molecule has 0 bridgehead atoms. The average molecular weight is 253 g/mol. The second-order valence-electron chi connectivity index (χ2n) is 3.77. The van der Waals surface area contributed by atoms with Gasteiger partial charge in [-0.25, -0.2) is 0 Å². The van der Waals surface area contributed by atoms with Gasteiger partial charge in [0.05, 0.1) is 4.83 Å². The minimum Gasteiger partial charge on any atom is -0.302 e. The topological polar surface area (TPSA) is 17.1 Å². The fourth-order valence-electron chi connectivity index (χ4n) is 2.00. The Morgan fingerprint density at radius 2 is 1.93 bits per heavy atom. The predicted molar refractivity (Wildman–Crippen MR) is 60.8 cm³/mol. The molecule has 0 saturated heterocycles. The van der Waals surface area contributed by atoms with Crippen LogP contribution in [0.1, 0.15) is 34.4 Å².